The summed E-state index contributed by atoms with van der Waals surface area (Å²) in [7, 11) is -3.50. The molecule has 2 aromatic rings. The van der Waals surface area contributed by atoms with E-state index in [1.54, 1.807) is 12.1 Å². The summed E-state index contributed by atoms with van der Waals surface area (Å²) in [5.41, 5.74) is 0. The molecule has 0 spiro atoms. The fourth-order valence-electron chi connectivity index (χ4n) is 2.65. The number of sulfonamides is 1. The molecule has 10 heteroatoms. The van der Waals surface area contributed by atoms with E-state index in [0.717, 1.165) is 30.2 Å². The lowest BCUT2D eigenvalue weighted by Gasteiger charge is -2.28. The molecule has 8 nitrogen and oxygen atoms in total. The molecule has 0 bridgehead atoms. The van der Waals surface area contributed by atoms with E-state index >= 15 is 0 Å². The number of rotatable bonds is 8. The number of thiophene rings is 1. The van der Waals surface area contributed by atoms with Gasteiger partial charge in [0, 0.05) is 30.6 Å². The average molecular weight is 413 g/mol. The van der Waals surface area contributed by atoms with Crippen LogP contribution in [0.1, 0.15) is 17.6 Å². The summed E-state index contributed by atoms with van der Waals surface area (Å²) in [5.74, 6) is 1.85. The van der Waals surface area contributed by atoms with Gasteiger partial charge in [-0.25, -0.2) is 18.1 Å². The molecule has 3 rings (SSSR count). The molecule has 0 unspecified atom stereocenters. The molecule has 0 atom stereocenters. The van der Waals surface area contributed by atoms with Crippen LogP contribution >= 0.6 is 11.3 Å². The predicted molar refractivity (Wildman–Crippen MR) is 104 cm³/mol. The van der Waals surface area contributed by atoms with Gasteiger partial charge in [-0.15, -0.1) is 11.3 Å². The molecule has 2 aromatic heterocycles. The smallest absolute Gasteiger partial charge is 0.250 e. The minimum Gasteiger partial charge on any atom is -0.476 e. The van der Waals surface area contributed by atoms with Crippen LogP contribution in [-0.4, -0.2) is 57.8 Å². The molecule has 1 fully saturated rings. The fraction of sp³-hybridized carbons (Fsp3) is 0.529. The van der Waals surface area contributed by atoms with Gasteiger partial charge < -0.3 is 14.4 Å². The zero-order valence-corrected chi connectivity index (χ0v) is 17.1. The van der Waals surface area contributed by atoms with Crippen molar-refractivity contribution in [2.24, 2.45) is 0 Å². The Hall–Kier alpha value is -1.75. The molecule has 0 radical (unpaired) electrons. The maximum atomic E-state index is 12.3. The number of anilines is 1. The molecule has 148 valence electrons. The fourth-order valence-corrected chi connectivity index (χ4v) is 5.00. The van der Waals surface area contributed by atoms with Crippen molar-refractivity contribution in [3.8, 4) is 5.88 Å². The van der Waals surface area contributed by atoms with E-state index in [0.29, 0.717) is 29.1 Å². The first kappa shape index (κ1) is 20.0. The summed E-state index contributed by atoms with van der Waals surface area (Å²) in [6.45, 7) is 7.04. The maximum Gasteiger partial charge on any atom is 0.250 e. The van der Waals surface area contributed by atoms with Crippen molar-refractivity contribution in [3.63, 3.8) is 0 Å². The number of nitrogens with one attached hydrogen (secondary N) is 1. The first-order valence-electron chi connectivity index (χ1n) is 8.87. The summed E-state index contributed by atoms with van der Waals surface area (Å²) < 4.78 is 38.5. The summed E-state index contributed by atoms with van der Waals surface area (Å²) in [5, 5.41) is 0. The van der Waals surface area contributed by atoms with Crippen LogP contribution in [0, 0.1) is 6.92 Å². The van der Waals surface area contributed by atoms with Crippen LogP contribution in [0.15, 0.2) is 22.4 Å². The lowest BCUT2D eigenvalue weighted by Crippen LogP contribution is -2.37. The normalized spacial score (nSPS) is 15.1. The van der Waals surface area contributed by atoms with Crippen molar-refractivity contribution < 1.29 is 17.9 Å². The molecule has 3 heterocycles. The molecular formula is C17H24N4O4S2. The van der Waals surface area contributed by atoms with E-state index in [2.05, 4.69) is 19.6 Å². The van der Waals surface area contributed by atoms with Crippen LogP contribution in [0.4, 0.5) is 5.82 Å². The van der Waals surface area contributed by atoms with Crippen LogP contribution < -0.4 is 14.4 Å². The predicted octanol–water partition coefficient (Wildman–Crippen LogP) is 1.60. The Kier molecular flexibility index (Phi) is 6.64. The van der Waals surface area contributed by atoms with E-state index < -0.39 is 10.0 Å². The van der Waals surface area contributed by atoms with E-state index in [4.69, 9.17) is 9.47 Å². The minimum absolute atomic E-state index is 0.164. The quantitative estimate of drug-likeness (QED) is 0.658. The number of ether oxygens (including phenoxy) is 2. The second kappa shape index (κ2) is 8.96. The van der Waals surface area contributed by atoms with Crippen LogP contribution in [0.25, 0.3) is 0 Å². The number of hydrogen-bond acceptors (Lipinski definition) is 8. The molecular weight excluding hydrogens is 388 g/mol. The Morgan fingerprint density at radius 1 is 1.30 bits per heavy atom. The minimum atomic E-state index is -3.50. The van der Waals surface area contributed by atoms with Gasteiger partial charge >= 0.3 is 0 Å². The molecule has 0 amide bonds. The van der Waals surface area contributed by atoms with Gasteiger partial charge in [-0.2, -0.15) is 4.98 Å². The number of morpholine rings is 1. The van der Waals surface area contributed by atoms with Gasteiger partial charge in [-0.3, -0.25) is 0 Å². The average Bonchev–Trinajstić information content (AvgIpc) is 3.16. The van der Waals surface area contributed by atoms with Crippen LogP contribution in [0.5, 0.6) is 5.88 Å². The van der Waals surface area contributed by atoms with Crippen molar-refractivity contribution in [2.45, 2.75) is 24.5 Å². The molecule has 1 aliphatic heterocycles. The highest BCUT2D eigenvalue weighted by atomic mass is 32.2. The second-order valence-electron chi connectivity index (χ2n) is 6.03. The topological polar surface area (TPSA) is 93.7 Å². The van der Waals surface area contributed by atoms with Gasteiger partial charge in [0.05, 0.1) is 13.2 Å². The highest BCUT2D eigenvalue weighted by Crippen LogP contribution is 2.22. The third-order valence-electron chi connectivity index (χ3n) is 4.03. The summed E-state index contributed by atoms with van der Waals surface area (Å²) in [4.78, 5) is 11.9. The third kappa shape index (κ3) is 5.38. The largest absolute Gasteiger partial charge is 0.476 e. The van der Waals surface area contributed by atoms with Gasteiger partial charge in [0.15, 0.2) is 0 Å². The summed E-state index contributed by atoms with van der Waals surface area (Å²) in [6, 6.07) is 5.25. The Bertz CT molecular complexity index is 864. The van der Waals surface area contributed by atoms with Crippen molar-refractivity contribution in [1.29, 1.82) is 0 Å². The number of hydrogen-bond donors (Lipinski definition) is 1. The Labute approximate surface area is 163 Å². The first-order valence-corrected chi connectivity index (χ1v) is 11.2. The van der Waals surface area contributed by atoms with Gasteiger partial charge in [-0.05, 0) is 25.5 Å². The standard InChI is InChI=1S/C17H24N4O4S2/c1-3-14-4-5-17(26-14)27(22,23)18-6-9-25-16-12-15(19-13(2)20-16)21-7-10-24-11-8-21/h4-5,12,18H,3,6-11H2,1-2H3. The van der Waals surface area contributed by atoms with Gasteiger partial charge in [-0.1, -0.05) is 6.92 Å². The Morgan fingerprint density at radius 2 is 2.07 bits per heavy atom. The highest BCUT2D eigenvalue weighted by molar-refractivity contribution is 7.91. The number of nitrogens with zero attached hydrogens (tertiary/aromatic N) is 3. The van der Waals surface area contributed by atoms with Crippen LogP contribution in [-0.2, 0) is 21.2 Å². The van der Waals surface area contributed by atoms with Crippen LogP contribution in [0.3, 0.4) is 0 Å². The maximum absolute atomic E-state index is 12.3. The first-order chi connectivity index (χ1) is 13.0. The lowest BCUT2D eigenvalue weighted by atomic mass is 10.4. The molecule has 0 aliphatic carbocycles. The molecule has 1 saturated heterocycles. The number of aromatic nitrogens is 2. The monoisotopic (exact) mass is 412 g/mol. The SMILES string of the molecule is CCc1ccc(S(=O)(=O)NCCOc2cc(N3CCOCC3)nc(C)n2)s1. The van der Waals surface area contributed by atoms with Crippen molar-refractivity contribution in [2.75, 3.05) is 44.4 Å². The lowest BCUT2D eigenvalue weighted by molar-refractivity contribution is 0.122. The zero-order chi connectivity index (χ0) is 19.3. The van der Waals surface area contributed by atoms with Gasteiger partial charge in [0.25, 0.3) is 0 Å². The second-order valence-corrected chi connectivity index (χ2v) is 9.19. The van der Waals surface area contributed by atoms with Crippen molar-refractivity contribution in [1.82, 2.24) is 14.7 Å². The Balaban J connectivity index is 1.54. The molecule has 0 saturated carbocycles. The van der Waals surface area contributed by atoms with Gasteiger partial charge in [0.1, 0.15) is 22.5 Å². The summed E-state index contributed by atoms with van der Waals surface area (Å²) in [6.07, 6.45) is 0.821. The molecule has 0 aromatic carbocycles. The molecule has 1 N–H and O–H groups in total. The third-order valence-corrected chi connectivity index (χ3v) is 7.21. The van der Waals surface area contributed by atoms with Crippen molar-refractivity contribution in [3.05, 3.63) is 28.9 Å². The van der Waals surface area contributed by atoms with E-state index in [9.17, 15) is 8.42 Å². The highest BCUT2D eigenvalue weighted by Gasteiger charge is 2.17. The van der Waals surface area contributed by atoms with E-state index in [1.165, 1.54) is 11.3 Å². The molecule has 1 aliphatic rings. The van der Waals surface area contributed by atoms with Gasteiger partial charge in [0.2, 0.25) is 15.9 Å². The van der Waals surface area contributed by atoms with Crippen LogP contribution in [0.2, 0.25) is 0 Å². The Morgan fingerprint density at radius 3 is 2.78 bits per heavy atom. The van der Waals surface area contributed by atoms with Crippen molar-refractivity contribution >= 4 is 27.2 Å². The van der Waals surface area contributed by atoms with E-state index in [-0.39, 0.29) is 13.2 Å². The summed E-state index contributed by atoms with van der Waals surface area (Å²) >= 11 is 1.29. The molecule has 27 heavy (non-hydrogen) atoms. The number of aryl methyl sites for hydroxylation is 2. The zero-order valence-electron chi connectivity index (χ0n) is 15.5. The van der Waals surface area contributed by atoms with E-state index in [1.807, 2.05) is 19.9 Å².